The summed E-state index contributed by atoms with van der Waals surface area (Å²) in [6.45, 7) is 8.72. The molecular weight excluding hydrogens is 342 g/mol. The van der Waals surface area contributed by atoms with Crippen molar-refractivity contribution in [1.29, 1.82) is 0 Å². The number of likely N-dealkylation sites (N-methyl/N-ethyl adjacent to an activating group) is 1. The number of allylic oxidation sites excluding steroid dienone is 1. The molecule has 0 bridgehead atoms. The predicted octanol–water partition coefficient (Wildman–Crippen LogP) is -0.228. The third kappa shape index (κ3) is 4.70. The Kier molecular flexibility index (Phi) is 6.93. The number of carbonyl (C=O) groups excluding carboxylic acids is 3. The molecule has 2 N–H and O–H groups in total. The van der Waals surface area contributed by atoms with E-state index < -0.39 is 23.9 Å². The molecule has 0 aromatic heterocycles. The third-order valence-electron chi connectivity index (χ3n) is 3.67. The molecule has 9 heteroatoms. The highest BCUT2D eigenvalue weighted by atomic mass is 16.7. The summed E-state index contributed by atoms with van der Waals surface area (Å²) < 4.78 is 16.0. The van der Waals surface area contributed by atoms with E-state index in [9.17, 15) is 14.4 Å². The van der Waals surface area contributed by atoms with Gasteiger partial charge in [-0.2, -0.15) is 0 Å². The van der Waals surface area contributed by atoms with Gasteiger partial charge in [-0.25, -0.2) is 10.2 Å². The summed E-state index contributed by atoms with van der Waals surface area (Å²) >= 11 is 0. The maximum absolute atomic E-state index is 12.7. The molecule has 0 spiro atoms. The van der Waals surface area contributed by atoms with Crippen molar-refractivity contribution < 1.29 is 28.6 Å². The van der Waals surface area contributed by atoms with Crippen molar-refractivity contribution in [3.8, 4) is 0 Å². The van der Waals surface area contributed by atoms with Crippen LogP contribution in [0.4, 0.5) is 0 Å². The molecule has 0 aromatic rings. The van der Waals surface area contributed by atoms with Gasteiger partial charge in [0, 0.05) is 31.3 Å². The van der Waals surface area contributed by atoms with E-state index in [0.29, 0.717) is 31.9 Å². The number of nitrogens with one attached hydrogen (secondary N) is 2. The Bertz CT molecular complexity index is 655. The maximum atomic E-state index is 12.7. The summed E-state index contributed by atoms with van der Waals surface area (Å²) in [5, 5.41) is 4.17. The van der Waals surface area contributed by atoms with Crippen LogP contribution in [-0.2, 0) is 28.6 Å². The summed E-state index contributed by atoms with van der Waals surface area (Å²) in [4.78, 5) is 36.6. The zero-order valence-electron chi connectivity index (χ0n) is 14.9. The van der Waals surface area contributed by atoms with Crippen molar-refractivity contribution in [1.82, 2.24) is 15.8 Å². The fraction of sp³-hybridized carbons (Fsp3) is 0.471. The van der Waals surface area contributed by atoms with Gasteiger partial charge in [-0.05, 0) is 19.9 Å². The molecule has 0 aromatic carbocycles. The lowest BCUT2D eigenvalue weighted by molar-refractivity contribution is -0.155. The number of ketones is 1. The molecule has 0 radical (unpaired) electrons. The van der Waals surface area contributed by atoms with Crippen LogP contribution in [0.15, 0.2) is 35.8 Å². The molecule has 9 nitrogen and oxygen atoms in total. The summed E-state index contributed by atoms with van der Waals surface area (Å²) in [5.41, 5.74) is 3.38. The SMILES string of the molecule is C=CC(=O)/C(OC1C=C(C)C(=O)O1)=C1/C(=O)NCCOCCNN1CC. The number of esters is 1. The van der Waals surface area contributed by atoms with Crippen molar-refractivity contribution in [2.75, 3.05) is 32.8 Å². The van der Waals surface area contributed by atoms with Crippen LogP contribution >= 0.6 is 0 Å². The zero-order chi connectivity index (χ0) is 19.1. The first-order valence-corrected chi connectivity index (χ1v) is 8.32. The van der Waals surface area contributed by atoms with Crippen LogP contribution in [0, 0.1) is 0 Å². The van der Waals surface area contributed by atoms with E-state index in [1.807, 2.05) is 6.92 Å². The fourth-order valence-corrected chi connectivity index (χ4v) is 2.37. The lowest BCUT2D eigenvalue weighted by atomic mass is 10.2. The number of nitrogens with zero attached hydrogens (tertiary/aromatic N) is 1. The minimum Gasteiger partial charge on any atom is -0.444 e. The lowest BCUT2D eigenvalue weighted by Crippen LogP contribution is -2.47. The average Bonchev–Trinajstić information content (AvgIpc) is 2.95. The zero-order valence-corrected chi connectivity index (χ0v) is 14.9. The van der Waals surface area contributed by atoms with Crippen molar-refractivity contribution in [3.63, 3.8) is 0 Å². The van der Waals surface area contributed by atoms with Crippen LogP contribution in [0.25, 0.3) is 0 Å². The minimum atomic E-state index is -1.08. The van der Waals surface area contributed by atoms with Crippen molar-refractivity contribution in [3.05, 3.63) is 35.8 Å². The van der Waals surface area contributed by atoms with Gasteiger partial charge in [0.25, 0.3) is 12.2 Å². The molecule has 1 amide bonds. The van der Waals surface area contributed by atoms with Crippen LogP contribution in [0.1, 0.15) is 13.8 Å². The highest BCUT2D eigenvalue weighted by Crippen LogP contribution is 2.21. The molecule has 1 saturated heterocycles. The molecule has 1 unspecified atom stereocenters. The van der Waals surface area contributed by atoms with E-state index in [1.54, 1.807) is 6.92 Å². The summed E-state index contributed by atoms with van der Waals surface area (Å²) in [6.07, 6.45) is 1.40. The second kappa shape index (κ2) is 9.16. The molecule has 2 rings (SSSR count). The minimum absolute atomic E-state index is 0.00620. The second-order valence-electron chi connectivity index (χ2n) is 5.51. The van der Waals surface area contributed by atoms with Crippen LogP contribution in [0.2, 0.25) is 0 Å². The molecular formula is C17H23N3O6. The normalized spacial score (nSPS) is 23.5. The number of rotatable bonds is 5. The van der Waals surface area contributed by atoms with Crippen LogP contribution in [-0.4, -0.2) is 61.8 Å². The number of carbonyl (C=O) groups is 3. The van der Waals surface area contributed by atoms with Gasteiger partial charge < -0.3 is 24.5 Å². The Balaban J connectivity index is 2.42. The van der Waals surface area contributed by atoms with Crippen LogP contribution in [0.3, 0.4) is 0 Å². The van der Waals surface area contributed by atoms with Gasteiger partial charge in [-0.3, -0.25) is 9.59 Å². The summed E-state index contributed by atoms with van der Waals surface area (Å²) in [7, 11) is 0. The van der Waals surface area contributed by atoms with E-state index in [1.165, 1.54) is 11.1 Å². The number of cyclic esters (lactones) is 1. The molecule has 0 saturated carbocycles. The maximum Gasteiger partial charge on any atom is 0.336 e. The Hall–Kier alpha value is -2.65. The van der Waals surface area contributed by atoms with Gasteiger partial charge in [-0.15, -0.1) is 0 Å². The Labute approximate surface area is 151 Å². The van der Waals surface area contributed by atoms with Gasteiger partial charge in [0.05, 0.1) is 13.2 Å². The van der Waals surface area contributed by atoms with E-state index >= 15 is 0 Å². The first-order valence-electron chi connectivity index (χ1n) is 8.32. The molecule has 1 atom stereocenters. The lowest BCUT2D eigenvalue weighted by Gasteiger charge is -2.29. The summed E-state index contributed by atoms with van der Waals surface area (Å²) in [5.74, 6) is -1.90. The van der Waals surface area contributed by atoms with Gasteiger partial charge in [0.2, 0.25) is 11.5 Å². The van der Waals surface area contributed by atoms with E-state index in [0.717, 1.165) is 6.08 Å². The second-order valence-corrected chi connectivity index (χ2v) is 5.51. The predicted molar refractivity (Wildman–Crippen MR) is 91.2 cm³/mol. The molecule has 142 valence electrons. The smallest absolute Gasteiger partial charge is 0.336 e. The molecule has 2 aliphatic rings. The number of hydrogen-bond donors (Lipinski definition) is 2. The Morgan fingerprint density at radius 2 is 2.15 bits per heavy atom. The van der Waals surface area contributed by atoms with E-state index in [4.69, 9.17) is 14.2 Å². The first kappa shape index (κ1) is 19.7. The monoisotopic (exact) mass is 365 g/mol. The van der Waals surface area contributed by atoms with Gasteiger partial charge in [-0.1, -0.05) is 6.58 Å². The molecule has 0 aliphatic carbocycles. The molecule has 2 heterocycles. The number of hydrazine groups is 1. The van der Waals surface area contributed by atoms with Gasteiger partial charge >= 0.3 is 5.97 Å². The highest BCUT2D eigenvalue weighted by Gasteiger charge is 2.31. The quantitative estimate of drug-likeness (QED) is 0.391. The largest absolute Gasteiger partial charge is 0.444 e. The van der Waals surface area contributed by atoms with Gasteiger partial charge in [0.1, 0.15) is 0 Å². The van der Waals surface area contributed by atoms with Crippen molar-refractivity contribution in [2.24, 2.45) is 0 Å². The van der Waals surface area contributed by atoms with Crippen molar-refractivity contribution >= 4 is 17.7 Å². The van der Waals surface area contributed by atoms with Gasteiger partial charge in [0.15, 0.2) is 5.70 Å². The Morgan fingerprint density at radius 3 is 2.77 bits per heavy atom. The number of hydrogen-bond acceptors (Lipinski definition) is 8. The number of ether oxygens (including phenoxy) is 3. The standard InChI is InChI=1S/C17H23N3O6/c1-4-12(21)15(25-13-10-11(3)17(23)26-13)14-16(22)18-6-8-24-9-7-19-20(14)5-2/h4,10,13,19H,1,5-9H2,2-3H3,(H,18,22)/b15-14+. The average molecular weight is 365 g/mol. The van der Waals surface area contributed by atoms with E-state index in [2.05, 4.69) is 17.3 Å². The molecule has 1 fully saturated rings. The topological polar surface area (TPSA) is 106 Å². The van der Waals surface area contributed by atoms with Crippen LogP contribution < -0.4 is 10.7 Å². The van der Waals surface area contributed by atoms with Crippen LogP contribution in [0.5, 0.6) is 0 Å². The Morgan fingerprint density at radius 1 is 1.42 bits per heavy atom. The summed E-state index contributed by atoms with van der Waals surface area (Å²) in [6, 6.07) is 0. The highest BCUT2D eigenvalue weighted by molar-refractivity contribution is 6.08. The van der Waals surface area contributed by atoms with E-state index in [-0.39, 0.29) is 18.0 Å². The third-order valence-corrected chi connectivity index (χ3v) is 3.67. The first-order chi connectivity index (χ1) is 12.5. The van der Waals surface area contributed by atoms with Crippen molar-refractivity contribution in [2.45, 2.75) is 20.1 Å². The number of amides is 1. The molecule has 2 aliphatic heterocycles. The fourth-order valence-electron chi connectivity index (χ4n) is 2.37. The molecule has 26 heavy (non-hydrogen) atoms.